The molecule has 0 radical (unpaired) electrons. The van der Waals surface area contributed by atoms with Gasteiger partial charge in [-0.1, -0.05) is 36.4 Å². The standard InChI is InChI=1S/C23H22N4O3S2/c24-23-25-20(16-5-2-1-3-6-16)15-27(23)32(29,30)19-8-9-21-17(13-19)10-11-26(21)22(28)14-18-7-4-12-31-18/h1-9,12-13,20H,10-11,14-15H2,(H2,24,25). The fourth-order valence-electron chi connectivity index (χ4n) is 4.17. The number of benzene rings is 2. The summed E-state index contributed by atoms with van der Waals surface area (Å²) in [4.78, 5) is 20.0. The smallest absolute Gasteiger partial charge is 0.266 e. The lowest BCUT2D eigenvalue weighted by molar-refractivity contribution is -0.117. The van der Waals surface area contributed by atoms with Crippen LogP contribution in [0.2, 0.25) is 0 Å². The maximum atomic E-state index is 13.3. The zero-order chi connectivity index (χ0) is 22.3. The summed E-state index contributed by atoms with van der Waals surface area (Å²) >= 11 is 1.55. The summed E-state index contributed by atoms with van der Waals surface area (Å²) < 4.78 is 27.8. The van der Waals surface area contributed by atoms with E-state index in [9.17, 15) is 13.2 Å². The number of sulfonamides is 1. The minimum Gasteiger partial charge on any atom is -0.369 e. The van der Waals surface area contributed by atoms with E-state index in [-0.39, 0.29) is 29.3 Å². The van der Waals surface area contributed by atoms with Crippen molar-refractivity contribution < 1.29 is 13.2 Å². The SMILES string of the molecule is NC1=NC(c2ccccc2)CN1S(=O)(=O)c1ccc2c(c1)CCN2C(=O)Cc1cccs1. The number of guanidine groups is 1. The van der Waals surface area contributed by atoms with Crippen molar-refractivity contribution in [2.75, 3.05) is 18.0 Å². The van der Waals surface area contributed by atoms with Gasteiger partial charge in [0.1, 0.15) is 0 Å². The zero-order valence-electron chi connectivity index (χ0n) is 17.2. The highest BCUT2D eigenvalue weighted by Gasteiger charge is 2.35. The quantitative estimate of drug-likeness (QED) is 0.625. The molecule has 2 aromatic carbocycles. The molecule has 0 saturated heterocycles. The van der Waals surface area contributed by atoms with E-state index in [0.717, 1.165) is 21.7 Å². The zero-order valence-corrected chi connectivity index (χ0v) is 18.8. The van der Waals surface area contributed by atoms with Crippen LogP contribution in [0.15, 0.2) is 75.9 Å². The van der Waals surface area contributed by atoms with Crippen LogP contribution in [0.3, 0.4) is 0 Å². The predicted molar refractivity (Wildman–Crippen MR) is 125 cm³/mol. The van der Waals surface area contributed by atoms with E-state index in [0.29, 0.717) is 19.4 Å². The Hall–Kier alpha value is -3.17. The molecule has 2 aliphatic heterocycles. The van der Waals surface area contributed by atoms with E-state index in [1.165, 1.54) is 4.31 Å². The number of hydrogen-bond donors (Lipinski definition) is 1. The van der Waals surface area contributed by atoms with Gasteiger partial charge in [-0.25, -0.2) is 17.7 Å². The molecule has 164 valence electrons. The topological polar surface area (TPSA) is 96.1 Å². The van der Waals surface area contributed by atoms with Gasteiger partial charge in [0.05, 0.1) is 23.9 Å². The largest absolute Gasteiger partial charge is 0.369 e. The predicted octanol–water partition coefficient (Wildman–Crippen LogP) is 2.94. The number of thiophene rings is 1. The highest BCUT2D eigenvalue weighted by Crippen LogP contribution is 2.33. The monoisotopic (exact) mass is 466 g/mol. The van der Waals surface area contributed by atoms with Gasteiger partial charge in [-0.05, 0) is 47.2 Å². The van der Waals surface area contributed by atoms with Gasteiger partial charge in [0.25, 0.3) is 10.0 Å². The van der Waals surface area contributed by atoms with Crippen molar-refractivity contribution in [3.8, 4) is 0 Å². The second kappa shape index (κ2) is 8.07. The van der Waals surface area contributed by atoms with E-state index in [1.807, 2.05) is 47.8 Å². The Kier molecular flexibility index (Phi) is 5.22. The minimum atomic E-state index is -3.85. The first-order valence-electron chi connectivity index (χ1n) is 10.3. The van der Waals surface area contributed by atoms with Crippen LogP contribution < -0.4 is 10.6 Å². The van der Waals surface area contributed by atoms with Crippen LogP contribution in [-0.4, -0.2) is 37.7 Å². The molecule has 0 spiro atoms. The molecule has 1 aromatic heterocycles. The molecule has 1 unspecified atom stereocenters. The Labute approximate surface area is 190 Å². The molecule has 3 heterocycles. The highest BCUT2D eigenvalue weighted by atomic mass is 32.2. The van der Waals surface area contributed by atoms with E-state index in [2.05, 4.69) is 4.99 Å². The Bertz CT molecular complexity index is 1290. The molecule has 5 rings (SSSR count). The van der Waals surface area contributed by atoms with Crippen LogP contribution in [0.5, 0.6) is 0 Å². The van der Waals surface area contributed by atoms with E-state index >= 15 is 0 Å². The van der Waals surface area contributed by atoms with Crippen molar-refractivity contribution in [1.82, 2.24) is 4.31 Å². The van der Waals surface area contributed by atoms with Crippen molar-refractivity contribution in [2.24, 2.45) is 10.7 Å². The third-order valence-corrected chi connectivity index (χ3v) is 8.45. The number of nitrogens with zero attached hydrogens (tertiary/aromatic N) is 3. The molecule has 0 saturated carbocycles. The fraction of sp³-hybridized carbons (Fsp3) is 0.217. The number of hydrogen-bond acceptors (Lipinski definition) is 6. The van der Waals surface area contributed by atoms with Gasteiger partial charge in [0.2, 0.25) is 11.9 Å². The van der Waals surface area contributed by atoms with E-state index in [4.69, 9.17) is 5.73 Å². The van der Waals surface area contributed by atoms with Crippen LogP contribution in [0.4, 0.5) is 5.69 Å². The highest BCUT2D eigenvalue weighted by molar-refractivity contribution is 7.89. The third kappa shape index (κ3) is 3.67. The lowest BCUT2D eigenvalue weighted by Crippen LogP contribution is -2.39. The Morgan fingerprint density at radius 2 is 1.94 bits per heavy atom. The Morgan fingerprint density at radius 3 is 2.69 bits per heavy atom. The van der Waals surface area contributed by atoms with Crippen LogP contribution >= 0.6 is 11.3 Å². The number of fused-ring (bicyclic) bond motifs is 1. The van der Waals surface area contributed by atoms with Crippen molar-refractivity contribution in [3.63, 3.8) is 0 Å². The molecule has 32 heavy (non-hydrogen) atoms. The van der Waals surface area contributed by atoms with Crippen LogP contribution in [0.25, 0.3) is 0 Å². The first-order chi connectivity index (χ1) is 15.4. The molecule has 2 aliphatic rings. The Morgan fingerprint density at radius 1 is 1.12 bits per heavy atom. The van der Waals surface area contributed by atoms with Gasteiger partial charge in [-0.2, -0.15) is 0 Å². The summed E-state index contributed by atoms with van der Waals surface area (Å²) in [5.74, 6) is 0.00975. The molecule has 0 fully saturated rings. The fourth-order valence-corrected chi connectivity index (χ4v) is 6.29. The van der Waals surface area contributed by atoms with Gasteiger partial charge in [-0.15, -0.1) is 11.3 Å². The molecular formula is C23H22N4O3S2. The van der Waals surface area contributed by atoms with Crippen molar-refractivity contribution >= 4 is 38.9 Å². The normalized spacial score (nSPS) is 18.0. The summed E-state index contributed by atoms with van der Waals surface area (Å²) in [7, 11) is -3.85. The van der Waals surface area contributed by atoms with Gasteiger partial charge in [0, 0.05) is 17.1 Å². The molecular weight excluding hydrogens is 444 g/mol. The second-order valence-corrected chi connectivity index (χ2v) is 10.7. The number of nitrogens with two attached hydrogens (primary N) is 1. The number of amides is 1. The average molecular weight is 467 g/mol. The molecule has 3 aromatic rings. The summed E-state index contributed by atoms with van der Waals surface area (Å²) in [5, 5.41) is 1.95. The molecule has 1 amide bonds. The Balaban J connectivity index is 1.37. The lowest BCUT2D eigenvalue weighted by atomic mass is 10.1. The maximum Gasteiger partial charge on any atom is 0.266 e. The second-order valence-electron chi connectivity index (χ2n) is 7.79. The van der Waals surface area contributed by atoms with Gasteiger partial charge in [-0.3, -0.25) is 4.79 Å². The van der Waals surface area contributed by atoms with Crippen LogP contribution in [0.1, 0.15) is 22.0 Å². The molecule has 0 aliphatic carbocycles. The van der Waals surface area contributed by atoms with Gasteiger partial charge >= 0.3 is 0 Å². The van der Waals surface area contributed by atoms with Crippen molar-refractivity contribution in [1.29, 1.82) is 0 Å². The maximum absolute atomic E-state index is 13.3. The van der Waals surface area contributed by atoms with Crippen molar-refractivity contribution in [3.05, 3.63) is 82.0 Å². The number of anilines is 1. The summed E-state index contributed by atoms with van der Waals surface area (Å²) in [6.45, 7) is 0.715. The van der Waals surface area contributed by atoms with E-state index in [1.54, 1.807) is 34.4 Å². The van der Waals surface area contributed by atoms with Crippen molar-refractivity contribution in [2.45, 2.75) is 23.8 Å². The lowest BCUT2D eigenvalue weighted by Gasteiger charge is -2.20. The number of rotatable bonds is 5. The molecule has 1 atom stereocenters. The first-order valence-corrected chi connectivity index (χ1v) is 12.6. The first kappa shape index (κ1) is 20.7. The molecule has 2 N–H and O–H groups in total. The number of aliphatic imine (C=N–C) groups is 1. The van der Waals surface area contributed by atoms with Crippen LogP contribution in [-0.2, 0) is 27.7 Å². The molecule has 7 nitrogen and oxygen atoms in total. The number of carbonyl (C=O) groups excluding carboxylic acids is 1. The summed E-state index contributed by atoms with van der Waals surface area (Å²) in [6.07, 6.45) is 0.962. The van der Waals surface area contributed by atoms with Crippen LogP contribution in [0, 0.1) is 0 Å². The van der Waals surface area contributed by atoms with E-state index < -0.39 is 10.0 Å². The summed E-state index contributed by atoms with van der Waals surface area (Å²) in [5.41, 5.74) is 8.55. The van der Waals surface area contributed by atoms with Gasteiger partial charge in [0.15, 0.2) is 0 Å². The molecule has 0 bridgehead atoms. The number of carbonyl (C=O) groups is 1. The third-order valence-electron chi connectivity index (χ3n) is 5.81. The summed E-state index contributed by atoms with van der Waals surface area (Å²) in [6, 6.07) is 18.0. The minimum absolute atomic E-state index is 0.00731. The molecule has 9 heteroatoms. The van der Waals surface area contributed by atoms with Gasteiger partial charge < -0.3 is 10.6 Å². The average Bonchev–Trinajstić information content (AvgIpc) is 3.53.